The molecule has 1 amide bonds. The summed E-state index contributed by atoms with van der Waals surface area (Å²) in [6, 6.07) is 7.86. The molecule has 0 aromatic heterocycles. The van der Waals surface area contributed by atoms with Gasteiger partial charge in [0.1, 0.15) is 6.10 Å². The minimum atomic E-state index is -0.206. The van der Waals surface area contributed by atoms with Crippen molar-refractivity contribution in [2.24, 2.45) is 23.7 Å². The molecule has 1 N–H and O–H groups in total. The fraction of sp³-hybridized carbons (Fsp3) is 0.529. The maximum Gasteiger partial charge on any atom is 0.310 e. The van der Waals surface area contributed by atoms with E-state index in [0.29, 0.717) is 5.92 Å². The number of rotatable bonds is 3. The lowest BCUT2D eigenvalue weighted by Gasteiger charge is -2.24. The van der Waals surface area contributed by atoms with Gasteiger partial charge in [-0.15, -0.1) is 0 Å². The number of benzene rings is 1. The van der Waals surface area contributed by atoms with Gasteiger partial charge in [-0.25, -0.2) is 0 Å². The number of aryl methyl sites for hydroxylation is 1. The van der Waals surface area contributed by atoms with Crippen LogP contribution >= 0.6 is 0 Å². The van der Waals surface area contributed by atoms with Crippen LogP contribution < -0.4 is 5.32 Å². The van der Waals surface area contributed by atoms with Crippen LogP contribution in [0, 0.1) is 23.7 Å². The molecular formula is C17H19NO3. The molecule has 21 heavy (non-hydrogen) atoms. The Morgan fingerprint density at radius 1 is 1.33 bits per heavy atom. The third-order valence-electron chi connectivity index (χ3n) is 5.44. The SMILES string of the molecule is CCc1ccccc1NC(=O)[C@H]1[C@@H]2C[C@@H]3[C@@H]1C(=O)O[C@@H]3C2. The normalized spacial score (nSPS) is 35.9. The summed E-state index contributed by atoms with van der Waals surface area (Å²) < 4.78 is 5.40. The molecule has 3 aliphatic rings. The molecule has 3 fully saturated rings. The molecule has 4 rings (SSSR count). The van der Waals surface area contributed by atoms with Gasteiger partial charge in [0, 0.05) is 11.6 Å². The van der Waals surface area contributed by atoms with Crippen LogP contribution in [0.1, 0.15) is 25.3 Å². The van der Waals surface area contributed by atoms with Gasteiger partial charge in [-0.05, 0) is 36.8 Å². The fourth-order valence-electron chi connectivity index (χ4n) is 4.53. The van der Waals surface area contributed by atoms with E-state index in [2.05, 4.69) is 12.2 Å². The molecule has 1 aromatic rings. The highest BCUT2D eigenvalue weighted by Gasteiger charge is 2.63. The van der Waals surface area contributed by atoms with Gasteiger partial charge in [-0.3, -0.25) is 9.59 Å². The zero-order chi connectivity index (χ0) is 14.6. The predicted molar refractivity (Wildman–Crippen MR) is 77.5 cm³/mol. The summed E-state index contributed by atoms with van der Waals surface area (Å²) in [5.74, 6) is 0.0123. The largest absolute Gasteiger partial charge is 0.462 e. The predicted octanol–water partition coefficient (Wildman–Crippen LogP) is 2.39. The minimum Gasteiger partial charge on any atom is -0.462 e. The molecule has 2 saturated carbocycles. The molecule has 5 atom stereocenters. The molecule has 110 valence electrons. The van der Waals surface area contributed by atoms with Crippen molar-refractivity contribution in [2.75, 3.05) is 5.32 Å². The zero-order valence-corrected chi connectivity index (χ0v) is 12.0. The number of ether oxygens (including phenoxy) is 1. The zero-order valence-electron chi connectivity index (χ0n) is 12.0. The second kappa shape index (κ2) is 4.58. The third kappa shape index (κ3) is 1.81. The van der Waals surface area contributed by atoms with Gasteiger partial charge < -0.3 is 10.1 Å². The highest BCUT2D eigenvalue weighted by Crippen LogP contribution is 2.57. The molecule has 1 saturated heterocycles. The van der Waals surface area contributed by atoms with Gasteiger partial charge in [0.25, 0.3) is 0 Å². The Morgan fingerprint density at radius 2 is 2.14 bits per heavy atom. The summed E-state index contributed by atoms with van der Waals surface area (Å²) in [6.07, 6.45) is 2.79. The first-order valence-electron chi connectivity index (χ1n) is 7.78. The number of esters is 1. The van der Waals surface area contributed by atoms with E-state index >= 15 is 0 Å². The molecule has 0 spiro atoms. The Hall–Kier alpha value is -1.84. The van der Waals surface area contributed by atoms with E-state index in [1.54, 1.807) is 0 Å². The molecule has 0 unspecified atom stereocenters. The first-order valence-corrected chi connectivity index (χ1v) is 7.78. The maximum absolute atomic E-state index is 12.7. The molecule has 4 heteroatoms. The van der Waals surface area contributed by atoms with Crippen LogP contribution in [0.25, 0.3) is 0 Å². The Bertz CT molecular complexity index is 610. The van der Waals surface area contributed by atoms with Crippen molar-refractivity contribution in [3.63, 3.8) is 0 Å². The van der Waals surface area contributed by atoms with Crippen molar-refractivity contribution >= 4 is 17.6 Å². The summed E-state index contributed by atoms with van der Waals surface area (Å²) >= 11 is 0. The molecule has 1 aromatic carbocycles. The van der Waals surface area contributed by atoms with Crippen molar-refractivity contribution in [2.45, 2.75) is 32.3 Å². The lowest BCUT2D eigenvalue weighted by molar-refractivity contribution is -0.145. The number of anilines is 1. The summed E-state index contributed by atoms with van der Waals surface area (Å²) in [6.45, 7) is 2.07. The number of hydrogen-bond donors (Lipinski definition) is 1. The van der Waals surface area contributed by atoms with Crippen molar-refractivity contribution < 1.29 is 14.3 Å². The summed E-state index contributed by atoms with van der Waals surface area (Å²) in [7, 11) is 0. The van der Waals surface area contributed by atoms with Crippen LogP contribution in [-0.4, -0.2) is 18.0 Å². The summed E-state index contributed by atoms with van der Waals surface area (Å²) in [4.78, 5) is 24.7. The number of amides is 1. The van der Waals surface area contributed by atoms with E-state index in [9.17, 15) is 9.59 Å². The van der Waals surface area contributed by atoms with Gasteiger partial charge in [0.2, 0.25) is 5.91 Å². The number of hydrogen-bond acceptors (Lipinski definition) is 3. The van der Waals surface area contributed by atoms with Gasteiger partial charge in [-0.1, -0.05) is 25.1 Å². The van der Waals surface area contributed by atoms with Gasteiger partial charge in [0.05, 0.1) is 11.8 Å². The van der Waals surface area contributed by atoms with Crippen molar-refractivity contribution in [3.05, 3.63) is 29.8 Å². The standard InChI is InChI=1S/C17H19NO3/c1-2-9-5-3-4-6-12(9)18-16(19)14-10-7-11-13(8-10)21-17(20)15(11)14/h3-6,10-11,13-15H,2,7-8H2,1H3,(H,18,19)/t10-,11+,13-,14+,15+/m1/s1. The Kier molecular flexibility index (Phi) is 2.81. The van der Waals surface area contributed by atoms with Crippen LogP contribution in [0.2, 0.25) is 0 Å². The Balaban J connectivity index is 1.57. The fourth-order valence-corrected chi connectivity index (χ4v) is 4.53. The van der Waals surface area contributed by atoms with E-state index in [0.717, 1.165) is 30.5 Å². The smallest absolute Gasteiger partial charge is 0.310 e. The van der Waals surface area contributed by atoms with Crippen LogP contribution in [0.5, 0.6) is 0 Å². The van der Waals surface area contributed by atoms with E-state index in [1.165, 1.54) is 0 Å². The first-order chi connectivity index (χ1) is 10.2. The molecule has 2 aliphatic carbocycles. The number of carbonyl (C=O) groups is 2. The second-order valence-corrected chi connectivity index (χ2v) is 6.42. The molecule has 1 heterocycles. The second-order valence-electron chi connectivity index (χ2n) is 6.42. The number of carbonyl (C=O) groups excluding carboxylic acids is 2. The maximum atomic E-state index is 12.7. The minimum absolute atomic E-state index is 0.00861. The molecule has 1 aliphatic heterocycles. The highest BCUT2D eigenvalue weighted by molar-refractivity contribution is 5.97. The molecule has 0 radical (unpaired) electrons. The lowest BCUT2D eigenvalue weighted by atomic mass is 9.79. The first kappa shape index (κ1) is 12.9. The van der Waals surface area contributed by atoms with E-state index in [-0.39, 0.29) is 35.7 Å². The van der Waals surface area contributed by atoms with Crippen molar-refractivity contribution in [3.8, 4) is 0 Å². The summed E-state index contributed by atoms with van der Waals surface area (Å²) in [5.41, 5.74) is 2.00. The number of fused-ring (bicyclic) bond motifs is 1. The van der Waals surface area contributed by atoms with E-state index in [4.69, 9.17) is 4.74 Å². The molecule has 4 nitrogen and oxygen atoms in total. The molecular weight excluding hydrogens is 266 g/mol. The van der Waals surface area contributed by atoms with Gasteiger partial charge in [-0.2, -0.15) is 0 Å². The van der Waals surface area contributed by atoms with Gasteiger partial charge in [0.15, 0.2) is 0 Å². The number of nitrogens with one attached hydrogen (secondary N) is 1. The lowest BCUT2D eigenvalue weighted by Crippen LogP contribution is -2.36. The number of para-hydroxylation sites is 1. The quantitative estimate of drug-likeness (QED) is 0.868. The van der Waals surface area contributed by atoms with Gasteiger partial charge >= 0.3 is 5.97 Å². The van der Waals surface area contributed by atoms with Crippen LogP contribution in [0.15, 0.2) is 24.3 Å². The average molecular weight is 285 g/mol. The van der Waals surface area contributed by atoms with Crippen molar-refractivity contribution in [1.82, 2.24) is 0 Å². The van der Waals surface area contributed by atoms with E-state index < -0.39 is 0 Å². The highest BCUT2D eigenvalue weighted by atomic mass is 16.6. The van der Waals surface area contributed by atoms with Crippen molar-refractivity contribution in [1.29, 1.82) is 0 Å². The van der Waals surface area contributed by atoms with Crippen LogP contribution in [0.4, 0.5) is 5.69 Å². The van der Waals surface area contributed by atoms with Crippen LogP contribution in [-0.2, 0) is 20.7 Å². The van der Waals surface area contributed by atoms with Crippen LogP contribution in [0.3, 0.4) is 0 Å². The Labute approximate surface area is 123 Å². The topological polar surface area (TPSA) is 55.4 Å². The Morgan fingerprint density at radius 3 is 2.95 bits per heavy atom. The molecule has 2 bridgehead atoms. The van der Waals surface area contributed by atoms with E-state index in [1.807, 2.05) is 24.3 Å². The summed E-state index contributed by atoms with van der Waals surface area (Å²) in [5, 5.41) is 3.04. The third-order valence-corrected chi connectivity index (χ3v) is 5.44. The monoisotopic (exact) mass is 285 g/mol. The average Bonchev–Trinajstić information content (AvgIpc) is 3.09.